The Balaban J connectivity index is 1.57. The molecular formula is C21H23FN4O. The Morgan fingerprint density at radius 1 is 0.963 bits per heavy atom. The van der Waals surface area contributed by atoms with Crippen LogP contribution in [0.5, 0.6) is 5.75 Å². The number of halogens is 1. The average Bonchev–Trinajstić information content (AvgIpc) is 2.68. The number of hydrogen-bond acceptors (Lipinski definition) is 5. The molecule has 0 radical (unpaired) electrons. The minimum Gasteiger partial charge on any atom is -0.497 e. The maximum Gasteiger partial charge on any atom is 0.132 e. The fourth-order valence-corrected chi connectivity index (χ4v) is 2.71. The zero-order chi connectivity index (χ0) is 19.1. The van der Waals surface area contributed by atoms with Gasteiger partial charge in [-0.1, -0.05) is 30.3 Å². The summed E-state index contributed by atoms with van der Waals surface area (Å²) in [6, 6.07) is 16.5. The van der Waals surface area contributed by atoms with Crippen LogP contribution in [0.2, 0.25) is 0 Å². The number of aromatic nitrogens is 2. The van der Waals surface area contributed by atoms with E-state index >= 15 is 0 Å². The zero-order valence-corrected chi connectivity index (χ0v) is 15.5. The number of hydrogen-bond donors (Lipinski definition) is 2. The van der Waals surface area contributed by atoms with Crippen LogP contribution in [0.25, 0.3) is 0 Å². The van der Waals surface area contributed by atoms with E-state index in [0.717, 1.165) is 22.9 Å². The first-order chi connectivity index (χ1) is 13.1. The number of ether oxygens (including phenoxy) is 1. The van der Waals surface area contributed by atoms with E-state index in [0.29, 0.717) is 30.9 Å². The Labute approximate surface area is 158 Å². The van der Waals surface area contributed by atoms with E-state index in [1.54, 1.807) is 19.2 Å². The lowest BCUT2D eigenvalue weighted by Crippen LogP contribution is -2.10. The van der Waals surface area contributed by atoms with E-state index in [-0.39, 0.29) is 5.82 Å². The normalized spacial score (nSPS) is 10.5. The summed E-state index contributed by atoms with van der Waals surface area (Å²) < 4.78 is 18.8. The number of nitrogens with zero attached hydrogens (tertiary/aromatic N) is 2. The standard InChI is InChI=1S/C21H23FN4O/c1-15-25-20(23-12-11-17-5-3-4-6-19(17)22)13-21(26-15)24-14-16-7-9-18(27-2)10-8-16/h3-10,13H,11-12,14H2,1-2H3,(H2,23,24,25,26). The Kier molecular flexibility index (Phi) is 6.20. The van der Waals surface area contributed by atoms with Gasteiger partial charge in [-0.2, -0.15) is 0 Å². The maximum absolute atomic E-state index is 13.7. The number of nitrogens with one attached hydrogen (secondary N) is 2. The molecule has 0 spiro atoms. The highest BCUT2D eigenvalue weighted by atomic mass is 19.1. The second-order valence-corrected chi connectivity index (χ2v) is 6.16. The second kappa shape index (κ2) is 8.98. The lowest BCUT2D eigenvalue weighted by molar-refractivity contribution is 0.414. The highest BCUT2D eigenvalue weighted by molar-refractivity contribution is 5.48. The molecule has 3 rings (SSSR count). The van der Waals surface area contributed by atoms with Gasteiger partial charge in [0.2, 0.25) is 0 Å². The monoisotopic (exact) mass is 366 g/mol. The molecule has 0 bridgehead atoms. The number of rotatable bonds is 8. The predicted octanol–water partition coefficient (Wildman–Crippen LogP) is 4.20. The van der Waals surface area contributed by atoms with Crippen LogP contribution < -0.4 is 15.4 Å². The first-order valence-corrected chi connectivity index (χ1v) is 8.84. The summed E-state index contributed by atoms with van der Waals surface area (Å²) in [7, 11) is 1.65. The summed E-state index contributed by atoms with van der Waals surface area (Å²) in [6.45, 7) is 3.09. The maximum atomic E-state index is 13.7. The minimum absolute atomic E-state index is 0.181. The van der Waals surface area contributed by atoms with Gasteiger partial charge in [0, 0.05) is 19.2 Å². The number of methoxy groups -OCH3 is 1. The molecule has 2 aromatic carbocycles. The summed E-state index contributed by atoms with van der Waals surface area (Å²) in [5, 5.41) is 6.55. The fourth-order valence-electron chi connectivity index (χ4n) is 2.71. The summed E-state index contributed by atoms with van der Waals surface area (Å²) in [6.07, 6.45) is 0.588. The summed E-state index contributed by atoms with van der Waals surface area (Å²) in [5.74, 6) is 2.78. The van der Waals surface area contributed by atoms with Gasteiger partial charge in [-0.05, 0) is 42.7 Å². The molecule has 140 valence electrons. The molecule has 3 aromatic rings. The van der Waals surface area contributed by atoms with Crippen LogP contribution in [0.3, 0.4) is 0 Å². The van der Waals surface area contributed by atoms with E-state index < -0.39 is 0 Å². The molecule has 0 aliphatic carbocycles. The third-order valence-corrected chi connectivity index (χ3v) is 4.13. The molecule has 2 N–H and O–H groups in total. The van der Waals surface area contributed by atoms with E-state index in [9.17, 15) is 4.39 Å². The van der Waals surface area contributed by atoms with Crippen LogP contribution in [0, 0.1) is 12.7 Å². The van der Waals surface area contributed by atoms with Crippen molar-refractivity contribution in [3.8, 4) is 5.75 Å². The van der Waals surface area contributed by atoms with Crippen molar-refractivity contribution in [1.29, 1.82) is 0 Å². The summed E-state index contributed by atoms with van der Waals surface area (Å²) in [5.41, 5.74) is 1.81. The fraction of sp³-hybridized carbons (Fsp3) is 0.238. The molecule has 1 aromatic heterocycles. The van der Waals surface area contributed by atoms with Crippen molar-refractivity contribution in [2.45, 2.75) is 19.9 Å². The molecule has 0 unspecified atom stereocenters. The summed E-state index contributed by atoms with van der Waals surface area (Å²) >= 11 is 0. The Bertz CT molecular complexity index is 884. The van der Waals surface area contributed by atoms with Gasteiger partial charge in [0.15, 0.2) is 0 Å². The second-order valence-electron chi connectivity index (χ2n) is 6.16. The van der Waals surface area contributed by atoms with Crippen LogP contribution in [-0.4, -0.2) is 23.6 Å². The molecule has 0 amide bonds. The number of benzene rings is 2. The molecule has 0 saturated carbocycles. The Morgan fingerprint density at radius 2 is 1.67 bits per heavy atom. The van der Waals surface area contributed by atoms with Crippen LogP contribution in [0.4, 0.5) is 16.0 Å². The van der Waals surface area contributed by atoms with E-state index in [2.05, 4.69) is 20.6 Å². The zero-order valence-electron chi connectivity index (χ0n) is 15.5. The first-order valence-electron chi connectivity index (χ1n) is 8.84. The van der Waals surface area contributed by atoms with Crippen molar-refractivity contribution in [2.24, 2.45) is 0 Å². The van der Waals surface area contributed by atoms with Gasteiger partial charge in [-0.3, -0.25) is 0 Å². The molecular weight excluding hydrogens is 343 g/mol. The molecule has 0 aliphatic heterocycles. The van der Waals surface area contributed by atoms with E-state index in [4.69, 9.17) is 4.74 Å². The SMILES string of the molecule is COc1ccc(CNc2cc(NCCc3ccccc3F)nc(C)n2)cc1. The highest BCUT2D eigenvalue weighted by Crippen LogP contribution is 2.15. The van der Waals surface area contributed by atoms with Crippen LogP contribution in [0.1, 0.15) is 17.0 Å². The average molecular weight is 366 g/mol. The van der Waals surface area contributed by atoms with Crippen molar-refractivity contribution in [1.82, 2.24) is 9.97 Å². The molecule has 1 heterocycles. The molecule has 0 saturated heterocycles. The van der Waals surface area contributed by atoms with Crippen molar-refractivity contribution in [3.05, 3.63) is 77.4 Å². The van der Waals surface area contributed by atoms with Gasteiger partial charge < -0.3 is 15.4 Å². The van der Waals surface area contributed by atoms with E-state index in [1.807, 2.05) is 43.3 Å². The van der Waals surface area contributed by atoms with E-state index in [1.165, 1.54) is 6.07 Å². The Hall–Kier alpha value is -3.15. The first kappa shape index (κ1) is 18.6. The van der Waals surface area contributed by atoms with Crippen molar-refractivity contribution in [3.63, 3.8) is 0 Å². The van der Waals surface area contributed by atoms with Gasteiger partial charge in [0.05, 0.1) is 7.11 Å². The molecule has 0 fully saturated rings. The Morgan fingerprint density at radius 3 is 2.37 bits per heavy atom. The predicted molar refractivity (Wildman–Crippen MR) is 106 cm³/mol. The molecule has 0 atom stereocenters. The molecule has 27 heavy (non-hydrogen) atoms. The molecule has 6 heteroatoms. The van der Waals surface area contributed by atoms with Crippen LogP contribution in [0.15, 0.2) is 54.6 Å². The topological polar surface area (TPSA) is 59.1 Å². The van der Waals surface area contributed by atoms with Gasteiger partial charge in [-0.25, -0.2) is 14.4 Å². The van der Waals surface area contributed by atoms with Crippen molar-refractivity contribution in [2.75, 3.05) is 24.3 Å². The molecule has 5 nitrogen and oxygen atoms in total. The lowest BCUT2D eigenvalue weighted by atomic mass is 10.1. The highest BCUT2D eigenvalue weighted by Gasteiger charge is 2.04. The van der Waals surface area contributed by atoms with Crippen molar-refractivity contribution < 1.29 is 9.13 Å². The van der Waals surface area contributed by atoms with Crippen LogP contribution in [-0.2, 0) is 13.0 Å². The minimum atomic E-state index is -0.181. The molecule has 0 aliphatic rings. The number of aryl methyl sites for hydroxylation is 1. The van der Waals surface area contributed by atoms with Gasteiger partial charge in [-0.15, -0.1) is 0 Å². The van der Waals surface area contributed by atoms with Crippen LogP contribution >= 0.6 is 0 Å². The van der Waals surface area contributed by atoms with Crippen molar-refractivity contribution >= 4 is 11.6 Å². The lowest BCUT2D eigenvalue weighted by Gasteiger charge is -2.11. The largest absolute Gasteiger partial charge is 0.497 e. The van der Waals surface area contributed by atoms with Gasteiger partial charge in [0.25, 0.3) is 0 Å². The number of anilines is 2. The third-order valence-electron chi connectivity index (χ3n) is 4.13. The summed E-state index contributed by atoms with van der Waals surface area (Å²) in [4.78, 5) is 8.81. The van der Waals surface area contributed by atoms with Gasteiger partial charge >= 0.3 is 0 Å². The van der Waals surface area contributed by atoms with Gasteiger partial charge in [0.1, 0.15) is 29.0 Å². The quantitative estimate of drug-likeness (QED) is 0.626. The third kappa shape index (κ3) is 5.41. The smallest absolute Gasteiger partial charge is 0.132 e.